The lowest BCUT2D eigenvalue weighted by molar-refractivity contribution is 0.661. The molecule has 0 nitrogen and oxygen atoms in total. The molecule has 1 aliphatic carbocycles. The van der Waals surface area contributed by atoms with Gasteiger partial charge in [-0.1, -0.05) is 125 Å². The average Bonchev–Trinajstić information content (AvgIpc) is 3.08. The molecule has 0 aromatic heterocycles. The Morgan fingerprint density at radius 2 is 0.727 bits per heavy atom. The summed E-state index contributed by atoms with van der Waals surface area (Å²) < 4.78 is 0. The van der Waals surface area contributed by atoms with Crippen LogP contribution in [0.2, 0.25) is 0 Å². The van der Waals surface area contributed by atoms with Crippen molar-refractivity contribution in [2.24, 2.45) is 0 Å². The molecule has 4 aromatic carbocycles. The van der Waals surface area contributed by atoms with Crippen molar-refractivity contribution in [3.05, 3.63) is 107 Å². The summed E-state index contributed by atoms with van der Waals surface area (Å²) in [5.74, 6) is 0. The van der Waals surface area contributed by atoms with Crippen molar-refractivity contribution in [1.82, 2.24) is 0 Å². The zero-order chi connectivity index (χ0) is 24.2. The van der Waals surface area contributed by atoms with Gasteiger partial charge in [-0.2, -0.15) is 0 Å². The van der Waals surface area contributed by atoms with E-state index < -0.39 is 0 Å². The van der Waals surface area contributed by atoms with Crippen LogP contribution < -0.4 is 0 Å². The van der Waals surface area contributed by atoms with Gasteiger partial charge in [0.05, 0.1) is 0 Å². The number of rotatable bonds is 2. The van der Waals surface area contributed by atoms with Crippen molar-refractivity contribution in [2.45, 2.75) is 60.8 Å². The van der Waals surface area contributed by atoms with E-state index >= 15 is 0 Å². The molecule has 0 fully saturated rings. The fourth-order valence-corrected chi connectivity index (χ4v) is 4.59. The molecule has 0 N–H and O–H groups in total. The molecule has 0 radical (unpaired) electrons. The van der Waals surface area contributed by atoms with Gasteiger partial charge < -0.3 is 0 Å². The predicted molar refractivity (Wildman–Crippen MR) is 147 cm³/mol. The molecule has 170 valence electrons. The zero-order valence-electron chi connectivity index (χ0n) is 21.6. The van der Waals surface area contributed by atoms with E-state index in [0.29, 0.717) is 0 Å². The topological polar surface area (TPSA) is 0 Å². The SMILES string of the molecule is CC.CC.Cc1ccc(-c2ccc3c(c2)C(C)(C)c2cc(-c4ccc(C)cc4)ccc2-3)cc1. The minimum absolute atomic E-state index is 0.00786. The number of fused-ring (bicyclic) bond motifs is 3. The van der Waals surface area contributed by atoms with Crippen molar-refractivity contribution >= 4 is 0 Å². The van der Waals surface area contributed by atoms with Crippen molar-refractivity contribution in [3.63, 3.8) is 0 Å². The molecule has 0 heteroatoms. The Morgan fingerprint density at radius 1 is 0.424 bits per heavy atom. The van der Waals surface area contributed by atoms with Gasteiger partial charge in [-0.3, -0.25) is 0 Å². The van der Waals surface area contributed by atoms with Gasteiger partial charge in [-0.15, -0.1) is 0 Å². The maximum atomic E-state index is 2.39. The zero-order valence-corrected chi connectivity index (χ0v) is 21.6. The molecule has 0 aliphatic heterocycles. The first-order valence-electron chi connectivity index (χ1n) is 12.4. The van der Waals surface area contributed by atoms with Crippen molar-refractivity contribution in [3.8, 4) is 33.4 Å². The molecule has 0 bridgehead atoms. The first kappa shape index (κ1) is 24.5. The van der Waals surface area contributed by atoms with Crippen LogP contribution in [0.15, 0.2) is 84.9 Å². The Morgan fingerprint density at radius 3 is 1.06 bits per heavy atom. The summed E-state index contributed by atoms with van der Waals surface area (Å²) in [6.07, 6.45) is 0. The van der Waals surface area contributed by atoms with Crippen molar-refractivity contribution in [1.29, 1.82) is 0 Å². The maximum absolute atomic E-state index is 2.39. The summed E-state index contributed by atoms with van der Waals surface area (Å²) in [5, 5.41) is 0. The highest BCUT2D eigenvalue weighted by Crippen LogP contribution is 2.50. The molecule has 0 atom stereocenters. The summed E-state index contributed by atoms with van der Waals surface area (Å²) in [4.78, 5) is 0. The quantitative estimate of drug-likeness (QED) is 0.294. The van der Waals surface area contributed by atoms with Crippen LogP contribution in [-0.2, 0) is 5.41 Å². The standard InChI is InChI=1S/C29H26.2C2H6/c1-19-5-9-21(10-6-19)23-13-15-25-26-16-14-24(22-11-7-20(2)8-12-22)18-28(26)29(3,4)27(25)17-23;2*1-2/h5-18H,1-4H3;2*1-2H3. The normalized spacial score (nSPS) is 12.5. The van der Waals surface area contributed by atoms with E-state index in [9.17, 15) is 0 Å². The summed E-state index contributed by atoms with van der Waals surface area (Å²) in [7, 11) is 0. The van der Waals surface area contributed by atoms with Gasteiger partial charge in [0.2, 0.25) is 0 Å². The van der Waals surface area contributed by atoms with Gasteiger partial charge in [0.25, 0.3) is 0 Å². The van der Waals surface area contributed by atoms with E-state index in [4.69, 9.17) is 0 Å². The minimum atomic E-state index is -0.00786. The smallest absolute Gasteiger partial charge is 0.0159 e. The lowest BCUT2D eigenvalue weighted by atomic mass is 9.81. The van der Waals surface area contributed by atoms with Crippen LogP contribution in [-0.4, -0.2) is 0 Å². The van der Waals surface area contributed by atoms with Crippen LogP contribution in [0, 0.1) is 13.8 Å². The van der Waals surface area contributed by atoms with E-state index in [1.807, 2.05) is 27.7 Å². The predicted octanol–water partition coefficient (Wildman–Crippen LogP) is 10.00. The maximum Gasteiger partial charge on any atom is 0.0159 e. The molecule has 33 heavy (non-hydrogen) atoms. The van der Waals surface area contributed by atoms with E-state index in [-0.39, 0.29) is 5.41 Å². The summed E-state index contributed by atoms with van der Waals surface area (Å²) in [6, 6.07) is 31.6. The third-order valence-electron chi connectivity index (χ3n) is 6.45. The highest BCUT2D eigenvalue weighted by molar-refractivity contribution is 5.85. The first-order valence-corrected chi connectivity index (χ1v) is 12.4. The van der Waals surface area contributed by atoms with Crippen LogP contribution in [0.1, 0.15) is 63.8 Å². The van der Waals surface area contributed by atoms with E-state index in [0.717, 1.165) is 0 Å². The van der Waals surface area contributed by atoms with Crippen LogP contribution in [0.5, 0.6) is 0 Å². The molecule has 0 heterocycles. The molecular formula is C33H38. The van der Waals surface area contributed by atoms with Gasteiger partial charge in [-0.25, -0.2) is 0 Å². The highest BCUT2D eigenvalue weighted by Gasteiger charge is 2.35. The first-order chi connectivity index (χ1) is 15.9. The van der Waals surface area contributed by atoms with Crippen molar-refractivity contribution in [2.75, 3.05) is 0 Å². The van der Waals surface area contributed by atoms with Gasteiger partial charge in [0, 0.05) is 5.41 Å². The Kier molecular flexibility index (Phi) is 7.59. The summed E-state index contributed by atoms with van der Waals surface area (Å²) in [5.41, 5.74) is 13.3. The molecule has 0 saturated heterocycles. The highest BCUT2D eigenvalue weighted by atomic mass is 14.4. The molecule has 0 unspecified atom stereocenters. The lowest BCUT2D eigenvalue weighted by Gasteiger charge is -2.22. The number of aryl methyl sites for hydroxylation is 2. The molecular weight excluding hydrogens is 396 g/mol. The Labute approximate surface area is 201 Å². The number of hydrogen-bond donors (Lipinski definition) is 0. The molecule has 0 saturated carbocycles. The minimum Gasteiger partial charge on any atom is -0.0683 e. The van der Waals surface area contributed by atoms with E-state index in [2.05, 4.69) is 113 Å². The van der Waals surface area contributed by atoms with Crippen LogP contribution in [0.25, 0.3) is 33.4 Å². The van der Waals surface area contributed by atoms with Gasteiger partial charge >= 0.3 is 0 Å². The molecule has 0 spiro atoms. The van der Waals surface area contributed by atoms with Gasteiger partial charge in [0.15, 0.2) is 0 Å². The van der Waals surface area contributed by atoms with Crippen LogP contribution >= 0.6 is 0 Å². The Hall–Kier alpha value is -3.12. The Balaban J connectivity index is 0.000000728. The molecule has 5 rings (SSSR count). The van der Waals surface area contributed by atoms with E-state index in [1.54, 1.807) is 0 Å². The van der Waals surface area contributed by atoms with Crippen LogP contribution in [0.3, 0.4) is 0 Å². The second kappa shape index (κ2) is 10.2. The van der Waals surface area contributed by atoms with Gasteiger partial charge in [0.1, 0.15) is 0 Å². The van der Waals surface area contributed by atoms with Crippen molar-refractivity contribution < 1.29 is 0 Å². The fraction of sp³-hybridized carbons (Fsp3) is 0.273. The second-order valence-corrected chi connectivity index (χ2v) is 8.88. The summed E-state index contributed by atoms with van der Waals surface area (Å²) >= 11 is 0. The third kappa shape index (κ3) is 4.67. The largest absolute Gasteiger partial charge is 0.0683 e. The van der Waals surface area contributed by atoms with Gasteiger partial charge in [-0.05, 0) is 70.5 Å². The second-order valence-electron chi connectivity index (χ2n) is 8.88. The molecule has 4 aromatic rings. The number of hydrogen-bond acceptors (Lipinski definition) is 0. The lowest BCUT2D eigenvalue weighted by Crippen LogP contribution is -2.15. The Bertz CT molecular complexity index is 1110. The number of benzene rings is 4. The fourth-order valence-electron chi connectivity index (χ4n) is 4.59. The summed E-state index contributed by atoms with van der Waals surface area (Å²) in [6.45, 7) is 17.0. The third-order valence-corrected chi connectivity index (χ3v) is 6.45. The average molecular weight is 435 g/mol. The van der Waals surface area contributed by atoms with E-state index in [1.165, 1.54) is 55.6 Å². The van der Waals surface area contributed by atoms with Crippen LogP contribution in [0.4, 0.5) is 0 Å². The molecule has 0 amide bonds. The molecule has 1 aliphatic rings. The monoisotopic (exact) mass is 434 g/mol.